The smallest absolute Gasteiger partial charge is 0.336 e. The van der Waals surface area contributed by atoms with Gasteiger partial charge in [0.25, 0.3) is 0 Å². The molecule has 0 bridgehead atoms. The summed E-state index contributed by atoms with van der Waals surface area (Å²) in [5.41, 5.74) is 0.652. The Labute approximate surface area is 192 Å². The Bertz CT molecular complexity index is 1320. The number of hydrogen-bond acceptors (Lipinski definition) is 6. The van der Waals surface area contributed by atoms with Gasteiger partial charge in [-0.1, -0.05) is 18.9 Å². The summed E-state index contributed by atoms with van der Waals surface area (Å²) in [4.78, 5) is 24.9. The Morgan fingerprint density at radius 2 is 1.82 bits per heavy atom. The number of amides is 1. The van der Waals surface area contributed by atoms with E-state index >= 15 is 0 Å². The molecule has 0 radical (unpaired) electrons. The molecule has 2 aromatic carbocycles. The van der Waals surface area contributed by atoms with Crippen molar-refractivity contribution in [3.63, 3.8) is 0 Å². The fraction of sp³-hybridized carbons (Fsp3) is 0.333. The van der Waals surface area contributed by atoms with E-state index in [0.717, 1.165) is 25.7 Å². The molecule has 0 spiro atoms. The Balaban J connectivity index is 1.53. The van der Waals surface area contributed by atoms with E-state index in [2.05, 4.69) is 5.32 Å². The molecule has 0 atom stereocenters. The number of fused-ring (bicyclic) bond motifs is 1. The highest BCUT2D eigenvalue weighted by molar-refractivity contribution is 7.89. The Morgan fingerprint density at radius 3 is 2.55 bits per heavy atom. The Hall–Kier alpha value is -3.17. The number of carbonyl (C=O) groups is 1. The van der Waals surface area contributed by atoms with Crippen LogP contribution in [0.3, 0.4) is 0 Å². The molecule has 1 N–H and O–H groups in total. The quantitative estimate of drug-likeness (QED) is 0.553. The van der Waals surface area contributed by atoms with Crippen LogP contribution < -0.4 is 15.7 Å². The molecule has 1 fully saturated rings. The zero-order chi connectivity index (χ0) is 23.4. The first-order chi connectivity index (χ1) is 15.9. The number of methoxy groups -OCH3 is 1. The normalized spacial score (nSPS) is 15.2. The number of hydrogen-bond donors (Lipinski definition) is 1. The second kappa shape index (κ2) is 9.76. The minimum absolute atomic E-state index is 0.0719. The van der Waals surface area contributed by atoms with Crippen LogP contribution >= 0.6 is 0 Å². The summed E-state index contributed by atoms with van der Waals surface area (Å²) in [6.45, 7) is 1.01. The molecule has 4 rings (SSSR count). The molecular formula is C24H26N2O6S. The lowest BCUT2D eigenvalue weighted by atomic mass is 10.1. The number of nitrogens with zero attached hydrogens (tertiary/aromatic N) is 1. The summed E-state index contributed by atoms with van der Waals surface area (Å²) in [6, 6.07) is 12.6. The summed E-state index contributed by atoms with van der Waals surface area (Å²) in [7, 11) is -2.12. The van der Waals surface area contributed by atoms with Gasteiger partial charge in [0, 0.05) is 36.3 Å². The van der Waals surface area contributed by atoms with Crippen LogP contribution in [0.5, 0.6) is 5.75 Å². The van der Waals surface area contributed by atoms with Crippen LogP contribution in [-0.4, -0.2) is 38.8 Å². The second-order valence-electron chi connectivity index (χ2n) is 8.02. The zero-order valence-electron chi connectivity index (χ0n) is 18.4. The SMILES string of the molecule is COc1ccc2c(CC(=O)Nc3cccc(S(=O)(=O)N4CCCCCC4)c3)cc(=O)oc2c1. The van der Waals surface area contributed by atoms with Gasteiger partial charge < -0.3 is 14.5 Å². The average molecular weight is 471 g/mol. The molecule has 9 heteroatoms. The van der Waals surface area contributed by atoms with Crippen LogP contribution in [0.15, 0.2) is 62.6 Å². The van der Waals surface area contributed by atoms with Gasteiger partial charge in [-0.2, -0.15) is 4.31 Å². The lowest BCUT2D eigenvalue weighted by molar-refractivity contribution is -0.115. The first-order valence-corrected chi connectivity index (χ1v) is 12.3. The molecule has 1 aliphatic heterocycles. The van der Waals surface area contributed by atoms with Crippen LogP contribution in [0.2, 0.25) is 0 Å². The molecule has 0 unspecified atom stereocenters. The van der Waals surface area contributed by atoms with Gasteiger partial charge in [-0.05, 0) is 48.7 Å². The van der Waals surface area contributed by atoms with Crippen LogP contribution in [0.1, 0.15) is 31.2 Å². The van der Waals surface area contributed by atoms with Crippen LogP contribution in [0, 0.1) is 0 Å². The lowest BCUT2D eigenvalue weighted by Crippen LogP contribution is -2.32. The predicted molar refractivity (Wildman–Crippen MR) is 125 cm³/mol. The lowest BCUT2D eigenvalue weighted by Gasteiger charge is -2.20. The monoisotopic (exact) mass is 470 g/mol. The van der Waals surface area contributed by atoms with Crippen molar-refractivity contribution in [2.45, 2.75) is 37.0 Å². The van der Waals surface area contributed by atoms with Crippen LogP contribution in [-0.2, 0) is 21.2 Å². The Morgan fingerprint density at radius 1 is 1.06 bits per heavy atom. The fourth-order valence-electron chi connectivity index (χ4n) is 4.03. The highest BCUT2D eigenvalue weighted by Gasteiger charge is 2.25. The molecule has 1 amide bonds. The van der Waals surface area contributed by atoms with Gasteiger partial charge in [0.05, 0.1) is 18.4 Å². The van der Waals surface area contributed by atoms with Crippen molar-refractivity contribution in [2.24, 2.45) is 0 Å². The summed E-state index contributed by atoms with van der Waals surface area (Å²) >= 11 is 0. The molecule has 1 aliphatic rings. The number of ether oxygens (including phenoxy) is 1. The van der Waals surface area contributed by atoms with Crippen molar-refractivity contribution in [1.82, 2.24) is 4.31 Å². The zero-order valence-corrected chi connectivity index (χ0v) is 19.2. The van der Waals surface area contributed by atoms with E-state index in [1.807, 2.05) is 0 Å². The van der Waals surface area contributed by atoms with Crippen molar-refractivity contribution in [2.75, 3.05) is 25.5 Å². The molecule has 1 saturated heterocycles. The maximum Gasteiger partial charge on any atom is 0.336 e. The van der Waals surface area contributed by atoms with Gasteiger partial charge in [-0.25, -0.2) is 13.2 Å². The minimum atomic E-state index is -3.63. The van der Waals surface area contributed by atoms with Crippen molar-refractivity contribution in [1.29, 1.82) is 0 Å². The molecule has 2 heterocycles. The fourth-order valence-corrected chi connectivity index (χ4v) is 5.59. The van der Waals surface area contributed by atoms with Gasteiger partial charge in [0.2, 0.25) is 15.9 Å². The van der Waals surface area contributed by atoms with E-state index in [0.29, 0.717) is 41.1 Å². The topological polar surface area (TPSA) is 106 Å². The predicted octanol–water partition coefficient (Wildman–Crippen LogP) is 3.55. The first kappa shape index (κ1) is 23.0. The highest BCUT2D eigenvalue weighted by Crippen LogP contribution is 2.25. The van der Waals surface area contributed by atoms with Gasteiger partial charge in [0.1, 0.15) is 11.3 Å². The molecule has 0 aliphatic carbocycles. The van der Waals surface area contributed by atoms with Gasteiger partial charge >= 0.3 is 5.63 Å². The first-order valence-electron chi connectivity index (χ1n) is 10.9. The van der Waals surface area contributed by atoms with Crippen LogP contribution in [0.25, 0.3) is 11.0 Å². The number of sulfonamides is 1. The van der Waals surface area contributed by atoms with Gasteiger partial charge in [0.15, 0.2) is 0 Å². The van der Waals surface area contributed by atoms with E-state index < -0.39 is 15.6 Å². The van der Waals surface area contributed by atoms with Gasteiger partial charge in [-0.3, -0.25) is 4.79 Å². The Kier molecular flexibility index (Phi) is 6.80. The van der Waals surface area contributed by atoms with Crippen molar-refractivity contribution in [3.8, 4) is 5.75 Å². The van der Waals surface area contributed by atoms with Crippen LogP contribution in [0.4, 0.5) is 5.69 Å². The third-order valence-electron chi connectivity index (χ3n) is 5.71. The molecule has 8 nitrogen and oxygen atoms in total. The molecule has 174 valence electrons. The van der Waals surface area contributed by atoms with Crippen molar-refractivity contribution < 1.29 is 22.4 Å². The summed E-state index contributed by atoms with van der Waals surface area (Å²) < 4.78 is 38.0. The van der Waals surface area contributed by atoms with Crippen molar-refractivity contribution in [3.05, 3.63) is 64.5 Å². The maximum atomic E-state index is 13.1. The molecule has 0 saturated carbocycles. The average Bonchev–Trinajstić information content (AvgIpc) is 3.09. The summed E-state index contributed by atoms with van der Waals surface area (Å²) in [5.74, 6) is 0.164. The molecular weight excluding hydrogens is 444 g/mol. The third-order valence-corrected chi connectivity index (χ3v) is 7.60. The number of benzene rings is 2. The maximum absolute atomic E-state index is 13.1. The van der Waals surface area contributed by atoms with E-state index in [1.165, 1.54) is 23.5 Å². The summed E-state index contributed by atoms with van der Waals surface area (Å²) in [6.07, 6.45) is 3.68. The van der Waals surface area contributed by atoms with E-state index in [1.54, 1.807) is 36.4 Å². The third kappa shape index (κ3) is 5.26. The highest BCUT2D eigenvalue weighted by atomic mass is 32.2. The minimum Gasteiger partial charge on any atom is -0.497 e. The number of anilines is 1. The number of carbonyl (C=O) groups excluding carboxylic acids is 1. The molecule has 3 aromatic rings. The second-order valence-corrected chi connectivity index (χ2v) is 9.96. The van der Waals surface area contributed by atoms with Gasteiger partial charge in [-0.15, -0.1) is 0 Å². The molecule has 1 aromatic heterocycles. The van der Waals surface area contributed by atoms with Crippen molar-refractivity contribution >= 4 is 32.6 Å². The number of rotatable bonds is 6. The van der Waals surface area contributed by atoms with E-state index in [9.17, 15) is 18.0 Å². The number of nitrogens with one attached hydrogen (secondary N) is 1. The van der Waals surface area contributed by atoms with E-state index in [-0.39, 0.29) is 17.2 Å². The van der Waals surface area contributed by atoms with E-state index in [4.69, 9.17) is 9.15 Å². The largest absolute Gasteiger partial charge is 0.497 e. The summed E-state index contributed by atoms with van der Waals surface area (Å²) in [5, 5.41) is 3.37. The standard InChI is InChI=1S/C24H26N2O6S/c1-31-19-9-10-21-17(14-24(28)32-22(21)16-19)13-23(27)25-18-7-6-8-20(15-18)33(29,30)26-11-4-2-3-5-12-26/h6-10,14-16H,2-5,11-13H2,1H3,(H,25,27). The molecule has 33 heavy (non-hydrogen) atoms.